The Bertz CT molecular complexity index is 1100. The lowest BCUT2D eigenvalue weighted by Crippen LogP contribution is -2.32. The van der Waals surface area contributed by atoms with E-state index in [-0.39, 0.29) is 30.5 Å². The minimum Gasteiger partial charge on any atom is -0.484 e. The van der Waals surface area contributed by atoms with Crippen molar-refractivity contribution < 1.29 is 23.5 Å². The van der Waals surface area contributed by atoms with E-state index in [1.165, 1.54) is 12.1 Å². The topological polar surface area (TPSA) is 107 Å². The van der Waals surface area contributed by atoms with Crippen LogP contribution in [0, 0.1) is 5.82 Å². The molecule has 3 aromatic rings. The molecule has 9 nitrogen and oxygen atoms in total. The first-order valence-corrected chi connectivity index (χ1v) is 9.54. The van der Waals surface area contributed by atoms with Crippen molar-refractivity contribution in [3.05, 3.63) is 65.8 Å². The monoisotopic (exact) mass is 447 g/mol. The molecule has 0 saturated carbocycles. The smallest absolute Gasteiger partial charge is 0.262 e. The van der Waals surface area contributed by atoms with Crippen molar-refractivity contribution in [3.63, 3.8) is 0 Å². The molecule has 0 aliphatic rings. The van der Waals surface area contributed by atoms with Crippen LogP contribution in [0.1, 0.15) is 6.42 Å². The van der Waals surface area contributed by atoms with Crippen molar-refractivity contribution >= 4 is 29.1 Å². The predicted octanol–water partition coefficient (Wildman–Crippen LogP) is 2.12. The Morgan fingerprint density at radius 2 is 1.97 bits per heavy atom. The van der Waals surface area contributed by atoms with E-state index in [1.54, 1.807) is 29.0 Å². The normalized spacial score (nSPS) is 10.5. The standard InChI is InChI=1S/C20H19ClFN5O4/c1-13(4-7-23-18(28)11-30-14-2-3-15(21)16(22)10-14)25-19(29)12-31-20-6-9-27-17(26-20)5-8-24-27/h2-3,5-6,8-10H,1,4,7,11-12H2,(H,23,28)(H,25,29). The summed E-state index contributed by atoms with van der Waals surface area (Å²) in [6.45, 7) is 3.44. The number of rotatable bonds is 10. The van der Waals surface area contributed by atoms with Crippen LogP contribution >= 0.6 is 11.6 Å². The van der Waals surface area contributed by atoms with Crippen LogP contribution in [-0.2, 0) is 9.59 Å². The van der Waals surface area contributed by atoms with E-state index in [4.69, 9.17) is 21.1 Å². The third-order valence-electron chi connectivity index (χ3n) is 3.91. The zero-order chi connectivity index (χ0) is 22.2. The first kappa shape index (κ1) is 22.0. The van der Waals surface area contributed by atoms with Crippen LogP contribution in [0.3, 0.4) is 0 Å². The minimum absolute atomic E-state index is 0.0293. The molecule has 0 aliphatic heterocycles. The van der Waals surface area contributed by atoms with Crippen molar-refractivity contribution in [1.29, 1.82) is 0 Å². The average molecular weight is 448 g/mol. The molecular weight excluding hydrogens is 429 g/mol. The number of aromatic nitrogens is 3. The van der Waals surface area contributed by atoms with Gasteiger partial charge in [-0.1, -0.05) is 18.2 Å². The molecule has 0 unspecified atom stereocenters. The van der Waals surface area contributed by atoms with Gasteiger partial charge in [-0.15, -0.1) is 0 Å². The fourth-order valence-corrected chi connectivity index (χ4v) is 2.55. The lowest BCUT2D eigenvalue weighted by atomic mass is 10.3. The molecule has 3 rings (SSSR count). The molecule has 0 atom stereocenters. The Labute approximate surface area is 181 Å². The van der Waals surface area contributed by atoms with Crippen LogP contribution in [0.25, 0.3) is 5.65 Å². The molecule has 0 radical (unpaired) electrons. The minimum atomic E-state index is -0.631. The summed E-state index contributed by atoms with van der Waals surface area (Å²) in [7, 11) is 0. The molecular formula is C20H19ClFN5O4. The van der Waals surface area contributed by atoms with Crippen molar-refractivity contribution in [1.82, 2.24) is 25.2 Å². The zero-order valence-electron chi connectivity index (χ0n) is 16.3. The van der Waals surface area contributed by atoms with Crippen LogP contribution in [-0.4, -0.2) is 46.2 Å². The van der Waals surface area contributed by atoms with E-state index >= 15 is 0 Å². The van der Waals surface area contributed by atoms with E-state index < -0.39 is 17.6 Å². The number of hydrogen-bond acceptors (Lipinski definition) is 6. The van der Waals surface area contributed by atoms with Crippen LogP contribution in [0.4, 0.5) is 4.39 Å². The predicted molar refractivity (Wildman–Crippen MR) is 110 cm³/mol. The van der Waals surface area contributed by atoms with Gasteiger partial charge < -0.3 is 20.1 Å². The number of carbonyl (C=O) groups excluding carboxylic acids is 2. The van der Waals surface area contributed by atoms with Gasteiger partial charge in [0.05, 0.1) is 11.2 Å². The maximum absolute atomic E-state index is 13.3. The first-order chi connectivity index (χ1) is 14.9. The van der Waals surface area contributed by atoms with Crippen LogP contribution in [0.5, 0.6) is 11.6 Å². The Balaban J connectivity index is 1.31. The van der Waals surface area contributed by atoms with Gasteiger partial charge in [0.15, 0.2) is 18.9 Å². The van der Waals surface area contributed by atoms with Crippen molar-refractivity contribution in [3.8, 4) is 11.6 Å². The molecule has 11 heteroatoms. The van der Waals surface area contributed by atoms with Gasteiger partial charge in [0.2, 0.25) is 5.88 Å². The second-order valence-corrected chi connectivity index (χ2v) is 6.71. The number of hydrogen-bond donors (Lipinski definition) is 2. The number of amides is 2. The highest BCUT2D eigenvalue weighted by Gasteiger charge is 2.08. The highest BCUT2D eigenvalue weighted by Crippen LogP contribution is 2.20. The summed E-state index contributed by atoms with van der Waals surface area (Å²) in [6.07, 6.45) is 3.59. The average Bonchev–Trinajstić information content (AvgIpc) is 3.21. The van der Waals surface area contributed by atoms with Gasteiger partial charge in [-0.2, -0.15) is 10.1 Å². The molecule has 2 N–H and O–H groups in total. The summed E-state index contributed by atoms with van der Waals surface area (Å²) in [5.41, 5.74) is 1.01. The number of halogens is 2. The summed E-state index contributed by atoms with van der Waals surface area (Å²) in [6, 6.07) is 7.20. The summed E-state index contributed by atoms with van der Waals surface area (Å²) in [5, 5.41) is 9.18. The quantitative estimate of drug-likeness (QED) is 0.493. The highest BCUT2D eigenvalue weighted by atomic mass is 35.5. The van der Waals surface area contributed by atoms with Crippen LogP contribution in [0.15, 0.2) is 55.0 Å². The number of nitrogens with zero attached hydrogens (tertiary/aromatic N) is 3. The molecule has 0 fully saturated rings. The first-order valence-electron chi connectivity index (χ1n) is 9.16. The van der Waals surface area contributed by atoms with Crippen LogP contribution in [0.2, 0.25) is 5.02 Å². The van der Waals surface area contributed by atoms with Gasteiger partial charge in [-0.25, -0.2) is 8.91 Å². The molecule has 0 bridgehead atoms. The Kier molecular flexibility index (Phi) is 7.39. The van der Waals surface area contributed by atoms with E-state index in [1.807, 2.05) is 0 Å². The van der Waals surface area contributed by atoms with Crippen molar-refractivity contribution in [2.24, 2.45) is 0 Å². The SMILES string of the molecule is C=C(CCNC(=O)COc1ccc(Cl)c(F)c1)NC(=O)COc1ccn2nccc2n1. The van der Waals surface area contributed by atoms with Crippen molar-refractivity contribution in [2.45, 2.75) is 6.42 Å². The molecule has 2 heterocycles. The Morgan fingerprint density at radius 1 is 1.16 bits per heavy atom. The van der Waals surface area contributed by atoms with Gasteiger partial charge in [-0.3, -0.25) is 9.59 Å². The van der Waals surface area contributed by atoms with E-state index in [9.17, 15) is 14.0 Å². The highest BCUT2D eigenvalue weighted by molar-refractivity contribution is 6.30. The molecule has 162 valence electrons. The van der Waals surface area contributed by atoms with Gasteiger partial charge >= 0.3 is 0 Å². The number of ether oxygens (including phenoxy) is 2. The summed E-state index contributed by atoms with van der Waals surface area (Å²) < 4.78 is 25.4. The van der Waals surface area contributed by atoms with E-state index in [2.05, 4.69) is 27.3 Å². The third kappa shape index (κ3) is 6.68. The Morgan fingerprint density at radius 3 is 2.77 bits per heavy atom. The molecule has 0 aliphatic carbocycles. The van der Waals surface area contributed by atoms with Crippen molar-refractivity contribution in [2.75, 3.05) is 19.8 Å². The van der Waals surface area contributed by atoms with Crippen LogP contribution < -0.4 is 20.1 Å². The molecule has 0 spiro atoms. The molecule has 0 saturated heterocycles. The summed E-state index contributed by atoms with van der Waals surface area (Å²) in [5.74, 6) is -0.954. The number of fused-ring (bicyclic) bond motifs is 1. The molecule has 2 amide bonds. The fourth-order valence-electron chi connectivity index (χ4n) is 2.43. The lowest BCUT2D eigenvalue weighted by molar-refractivity contribution is -0.123. The third-order valence-corrected chi connectivity index (χ3v) is 4.22. The number of benzene rings is 1. The van der Waals surface area contributed by atoms with E-state index in [0.29, 0.717) is 23.6 Å². The largest absolute Gasteiger partial charge is 0.484 e. The van der Waals surface area contributed by atoms with Gasteiger partial charge in [-0.05, 0) is 12.1 Å². The van der Waals surface area contributed by atoms with E-state index in [0.717, 1.165) is 6.07 Å². The Hall–Kier alpha value is -3.66. The van der Waals surface area contributed by atoms with Gasteiger partial charge in [0.1, 0.15) is 11.6 Å². The van der Waals surface area contributed by atoms with Gasteiger partial charge in [0.25, 0.3) is 11.8 Å². The fraction of sp³-hybridized carbons (Fsp3) is 0.200. The lowest BCUT2D eigenvalue weighted by Gasteiger charge is -2.11. The zero-order valence-corrected chi connectivity index (χ0v) is 17.1. The maximum atomic E-state index is 13.3. The molecule has 2 aromatic heterocycles. The molecule has 31 heavy (non-hydrogen) atoms. The number of carbonyl (C=O) groups is 2. The second-order valence-electron chi connectivity index (χ2n) is 6.30. The van der Waals surface area contributed by atoms with Gasteiger partial charge in [0, 0.05) is 43.1 Å². The number of nitrogens with one attached hydrogen (secondary N) is 2. The summed E-state index contributed by atoms with van der Waals surface area (Å²) >= 11 is 5.58. The second kappa shape index (κ2) is 10.4. The molecule has 1 aromatic carbocycles. The maximum Gasteiger partial charge on any atom is 0.262 e. The summed E-state index contributed by atoms with van der Waals surface area (Å²) in [4.78, 5) is 28.0.